The Balaban J connectivity index is 1.68. The summed E-state index contributed by atoms with van der Waals surface area (Å²) >= 11 is 1.43. The number of fused-ring (bicyclic) bond motifs is 1. The molecule has 0 saturated carbocycles. The van der Waals surface area contributed by atoms with E-state index in [1.54, 1.807) is 24.4 Å². The third-order valence-electron chi connectivity index (χ3n) is 4.04. The van der Waals surface area contributed by atoms with Crippen molar-refractivity contribution in [3.05, 3.63) is 42.7 Å². The van der Waals surface area contributed by atoms with Crippen molar-refractivity contribution in [1.29, 1.82) is 0 Å². The first-order valence-corrected chi connectivity index (χ1v) is 11.0. The van der Waals surface area contributed by atoms with Gasteiger partial charge in [-0.1, -0.05) is 6.92 Å². The molecule has 2 amide bonds. The van der Waals surface area contributed by atoms with Gasteiger partial charge < -0.3 is 10.6 Å². The Morgan fingerprint density at radius 3 is 2.85 bits per heavy atom. The van der Waals surface area contributed by atoms with E-state index >= 15 is 0 Å². The molecule has 2 N–H and O–H groups in total. The van der Waals surface area contributed by atoms with Crippen molar-refractivity contribution in [2.75, 3.05) is 16.4 Å². The molecule has 0 saturated heterocycles. The second-order valence-corrected chi connectivity index (χ2v) is 9.37. The van der Waals surface area contributed by atoms with E-state index in [0.717, 1.165) is 4.90 Å². The van der Waals surface area contributed by atoms with Gasteiger partial charge in [0.15, 0.2) is 9.84 Å². The highest BCUT2D eigenvalue weighted by molar-refractivity contribution is 8.01. The number of benzene rings is 1. The molecule has 0 spiro atoms. The predicted molar refractivity (Wildman–Crippen MR) is 105 cm³/mol. The summed E-state index contributed by atoms with van der Waals surface area (Å²) in [4.78, 5) is 28.8. The molecule has 27 heavy (non-hydrogen) atoms. The summed E-state index contributed by atoms with van der Waals surface area (Å²) in [6.07, 6.45) is 3.59. The summed E-state index contributed by atoms with van der Waals surface area (Å²) in [5.41, 5.74) is 1.01. The van der Waals surface area contributed by atoms with Crippen LogP contribution in [0.5, 0.6) is 0 Å². The predicted octanol–water partition coefficient (Wildman–Crippen LogP) is 2.71. The number of carbonyl (C=O) groups excluding carboxylic acids is 2. The van der Waals surface area contributed by atoms with Crippen LogP contribution < -0.4 is 10.6 Å². The summed E-state index contributed by atoms with van der Waals surface area (Å²) in [5.74, 6) is -0.851. The number of hydrogen-bond donors (Lipinski definition) is 2. The minimum Gasteiger partial charge on any atom is -0.325 e. The minimum atomic E-state index is -3.65. The zero-order valence-electron chi connectivity index (χ0n) is 14.6. The molecule has 2 heterocycles. The average Bonchev–Trinajstić information content (AvgIpc) is 2.66. The molecule has 0 aliphatic carbocycles. The Labute approximate surface area is 161 Å². The molecule has 2 aromatic rings. The van der Waals surface area contributed by atoms with Crippen molar-refractivity contribution in [2.24, 2.45) is 0 Å². The van der Waals surface area contributed by atoms with Crippen LogP contribution in [-0.4, -0.2) is 36.2 Å². The van der Waals surface area contributed by atoms with Gasteiger partial charge in [-0.3, -0.25) is 14.6 Å². The van der Waals surface area contributed by atoms with Gasteiger partial charge in [0.25, 0.3) is 0 Å². The lowest BCUT2D eigenvalue weighted by molar-refractivity contribution is -0.116. The number of pyridine rings is 1. The highest BCUT2D eigenvalue weighted by atomic mass is 32.2. The fourth-order valence-electron chi connectivity index (χ4n) is 2.60. The lowest BCUT2D eigenvalue weighted by atomic mass is 10.2. The Morgan fingerprint density at radius 2 is 2.15 bits per heavy atom. The third kappa shape index (κ3) is 4.67. The van der Waals surface area contributed by atoms with Crippen LogP contribution >= 0.6 is 11.8 Å². The van der Waals surface area contributed by atoms with Gasteiger partial charge in [-0.15, -0.1) is 11.8 Å². The average molecular weight is 406 g/mol. The van der Waals surface area contributed by atoms with E-state index in [4.69, 9.17) is 0 Å². The van der Waals surface area contributed by atoms with E-state index in [1.807, 2.05) is 6.92 Å². The summed E-state index contributed by atoms with van der Waals surface area (Å²) in [5, 5.41) is 5.20. The van der Waals surface area contributed by atoms with Crippen molar-refractivity contribution in [2.45, 2.75) is 34.8 Å². The van der Waals surface area contributed by atoms with Crippen LogP contribution in [0.25, 0.3) is 0 Å². The van der Waals surface area contributed by atoms with Gasteiger partial charge in [-0.25, -0.2) is 8.42 Å². The number of hydrogen-bond acceptors (Lipinski definition) is 6. The number of rotatable bonds is 6. The summed E-state index contributed by atoms with van der Waals surface area (Å²) in [6, 6.07) is 8.03. The lowest BCUT2D eigenvalue weighted by Gasteiger charge is -2.23. The van der Waals surface area contributed by atoms with Gasteiger partial charge in [0, 0.05) is 17.5 Å². The molecule has 7 nitrogen and oxygen atoms in total. The number of thioether (sulfide) groups is 1. The first kappa shape index (κ1) is 19.4. The maximum absolute atomic E-state index is 12.6. The molecule has 1 unspecified atom stereocenters. The molecule has 9 heteroatoms. The van der Waals surface area contributed by atoms with Crippen LogP contribution in [0.15, 0.2) is 52.5 Å². The Kier molecular flexibility index (Phi) is 5.81. The second kappa shape index (κ2) is 8.10. The van der Waals surface area contributed by atoms with Crippen molar-refractivity contribution in [3.63, 3.8) is 0 Å². The van der Waals surface area contributed by atoms with Crippen LogP contribution in [0.1, 0.15) is 19.8 Å². The molecule has 1 aromatic heterocycles. The molecule has 0 fully saturated rings. The minimum absolute atomic E-state index is 0.0891. The Morgan fingerprint density at radius 1 is 1.33 bits per heavy atom. The van der Waals surface area contributed by atoms with Crippen LogP contribution in [0, 0.1) is 0 Å². The molecule has 0 bridgehead atoms. The summed E-state index contributed by atoms with van der Waals surface area (Å²) < 4.78 is 25.1. The van der Waals surface area contributed by atoms with Crippen LogP contribution in [0.3, 0.4) is 0 Å². The number of anilines is 2. The van der Waals surface area contributed by atoms with Crippen LogP contribution in [-0.2, 0) is 19.4 Å². The SMILES string of the molecule is CCC1Sc2ccc(S(=O)(=O)CCC(=O)Nc3cccnc3)cc2NC1=O. The largest absolute Gasteiger partial charge is 0.325 e. The number of amides is 2. The second-order valence-electron chi connectivity index (χ2n) is 6.02. The highest BCUT2D eigenvalue weighted by Gasteiger charge is 2.27. The molecular weight excluding hydrogens is 386 g/mol. The Bertz CT molecular complexity index is 962. The molecule has 0 radical (unpaired) electrons. The molecule has 1 aromatic carbocycles. The number of nitrogens with one attached hydrogen (secondary N) is 2. The standard InChI is InChI=1S/C18H19N3O4S2/c1-2-15-18(23)21-14-10-13(5-6-16(14)26-15)27(24,25)9-7-17(22)20-12-4-3-8-19-11-12/h3-6,8,10-11,15H,2,7,9H2,1H3,(H,20,22)(H,21,23). The normalized spacial score (nSPS) is 16.3. The molecule has 3 rings (SSSR count). The van der Waals surface area contributed by atoms with E-state index in [9.17, 15) is 18.0 Å². The van der Waals surface area contributed by atoms with Crippen molar-refractivity contribution >= 4 is 44.8 Å². The van der Waals surface area contributed by atoms with E-state index in [1.165, 1.54) is 30.1 Å². The molecular formula is C18H19N3O4S2. The smallest absolute Gasteiger partial charge is 0.237 e. The summed E-state index contributed by atoms with van der Waals surface area (Å²) in [7, 11) is -3.65. The number of nitrogens with zero attached hydrogens (tertiary/aromatic N) is 1. The zero-order chi connectivity index (χ0) is 19.4. The first-order chi connectivity index (χ1) is 12.9. The maximum atomic E-state index is 12.6. The monoisotopic (exact) mass is 405 g/mol. The van der Waals surface area contributed by atoms with Gasteiger partial charge in [0.1, 0.15) is 0 Å². The Hall–Kier alpha value is -2.39. The van der Waals surface area contributed by atoms with Crippen molar-refractivity contribution in [1.82, 2.24) is 4.98 Å². The fraction of sp³-hybridized carbons (Fsp3) is 0.278. The van der Waals surface area contributed by atoms with E-state index < -0.39 is 15.7 Å². The zero-order valence-corrected chi connectivity index (χ0v) is 16.3. The maximum Gasteiger partial charge on any atom is 0.237 e. The quantitative estimate of drug-likeness (QED) is 0.766. The molecule has 1 aliphatic rings. The van der Waals surface area contributed by atoms with Crippen LogP contribution in [0.4, 0.5) is 11.4 Å². The fourth-order valence-corrected chi connectivity index (χ4v) is 4.88. The number of aromatic nitrogens is 1. The molecule has 1 aliphatic heterocycles. The van der Waals surface area contributed by atoms with Gasteiger partial charge in [0.2, 0.25) is 11.8 Å². The van der Waals surface area contributed by atoms with Gasteiger partial charge in [-0.2, -0.15) is 0 Å². The number of sulfone groups is 1. The van der Waals surface area contributed by atoms with Crippen LogP contribution in [0.2, 0.25) is 0 Å². The topological polar surface area (TPSA) is 105 Å². The third-order valence-corrected chi connectivity index (χ3v) is 7.20. The lowest BCUT2D eigenvalue weighted by Crippen LogP contribution is -2.28. The van der Waals surface area contributed by atoms with E-state index in [-0.39, 0.29) is 28.2 Å². The van der Waals surface area contributed by atoms with Crippen molar-refractivity contribution in [3.8, 4) is 0 Å². The van der Waals surface area contributed by atoms with Crippen molar-refractivity contribution < 1.29 is 18.0 Å². The van der Waals surface area contributed by atoms with Gasteiger partial charge in [-0.05, 0) is 36.8 Å². The van der Waals surface area contributed by atoms with E-state index in [0.29, 0.717) is 17.8 Å². The highest BCUT2D eigenvalue weighted by Crippen LogP contribution is 2.38. The van der Waals surface area contributed by atoms with Gasteiger partial charge in [0.05, 0.1) is 33.5 Å². The molecule has 1 atom stereocenters. The first-order valence-electron chi connectivity index (χ1n) is 8.43. The molecule has 142 valence electrons. The van der Waals surface area contributed by atoms with Gasteiger partial charge >= 0.3 is 0 Å². The van der Waals surface area contributed by atoms with E-state index in [2.05, 4.69) is 15.6 Å². The summed E-state index contributed by atoms with van der Waals surface area (Å²) in [6.45, 7) is 1.93. The number of carbonyl (C=O) groups is 2.